The first kappa shape index (κ1) is 21.7. The summed E-state index contributed by atoms with van der Waals surface area (Å²) in [5.74, 6) is -1.12. The molecule has 1 saturated heterocycles. The highest BCUT2D eigenvalue weighted by Gasteiger charge is 2.21. The molecule has 2 aromatic carbocycles. The van der Waals surface area contributed by atoms with Gasteiger partial charge in [-0.15, -0.1) is 0 Å². The SMILES string of the molecule is C[C@H](C(=O)Nc1ccccc1F)N(C)CC(=O)Nc1ccc(N2CCOCC2)cc1. The van der Waals surface area contributed by atoms with Gasteiger partial charge in [0.15, 0.2) is 0 Å². The number of para-hydroxylation sites is 1. The lowest BCUT2D eigenvalue weighted by molar-refractivity contribution is -0.122. The van der Waals surface area contributed by atoms with Crippen molar-refractivity contribution in [3.63, 3.8) is 0 Å². The van der Waals surface area contributed by atoms with Gasteiger partial charge in [-0.05, 0) is 50.4 Å². The van der Waals surface area contributed by atoms with Crippen LogP contribution in [0.4, 0.5) is 21.5 Å². The van der Waals surface area contributed by atoms with E-state index in [1.165, 1.54) is 12.1 Å². The van der Waals surface area contributed by atoms with Gasteiger partial charge < -0.3 is 20.3 Å². The Labute approximate surface area is 175 Å². The van der Waals surface area contributed by atoms with Gasteiger partial charge in [-0.25, -0.2) is 4.39 Å². The molecule has 0 unspecified atom stereocenters. The van der Waals surface area contributed by atoms with Crippen LogP contribution in [-0.4, -0.2) is 62.7 Å². The van der Waals surface area contributed by atoms with E-state index in [-0.39, 0.29) is 24.0 Å². The highest BCUT2D eigenvalue weighted by molar-refractivity contribution is 5.96. The first-order valence-electron chi connectivity index (χ1n) is 9.92. The van der Waals surface area contributed by atoms with Crippen molar-refractivity contribution in [3.05, 3.63) is 54.3 Å². The fraction of sp³-hybridized carbons (Fsp3) is 0.364. The lowest BCUT2D eigenvalue weighted by Crippen LogP contribution is -2.43. The van der Waals surface area contributed by atoms with E-state index in [9.17, 15) is 14.0 Å². The third kappa shape index (κ3) is 5.77. The number of benzene rings is 2. The van der Waals surface area contributed by atoms with Crippen LogP contribution in [0.25, 0.3) is 0 Å². The van der Waals surface area contributed by atoms with Crippen molar-refractivity contribution in [3.8, 4) is 0 Å². The first-order chi connectivity index (χ1) is 14.4. The number of morpholine rings is 1. The smallest absolute Gasteiger partial charge is 0.241 e. The Morgan fingerprint density at radius 3 is 2.43 bits per heavy atom. The van der Waals surface area contributed by atoms with Gasteiger partial charge in [0.1, 0.15) is 5.82 Å². The Bertz CT molecular complexity index is 869. The van der Waals surface area contributed by atoms with Crippen LogP contribution in [0.1, 0.15) is 6.92 Å². The van der Waals surface area contributed by atoms with Gasteiger partial charge in [-0.2, -0.15) is 0 Å². The van der Waals surface area contributed by atoms with Crippen molar-refractivity contribution < 1.29 is 18.7 Å². The number of nitrogens with zero attached hydrogens (tertiary/aromatic N) is 2. The number of rotatable bonds is 7. The number of hydrogen-bond acceptors (Lipinski definition) is 5. The third-order valence-electron chi connectivity index (χ3n) is 5.09. The second kappa shape index (κ2) is 10.2. The maximum Gasteiger partial charge on any atom is 0.241 e. The van der Waals surface area contributed by atoms with Gasteiger partial charge in [0, 0.05) is 24.5 Å². The largest absolute Gasteiger partial charge is 0.378 e. The van der Waals surface area contributed by atoms with E-state index in [1.807, 2.05) is 24.3 Å². The second-order valence-corrected chi connectivity index (χ2v) is 7.25. The van der Waals surface area contributed by atoms with Crippen molar-refractivity contribution in [2.75, 3.05) is 55.4 Å². The maximum atomic E-state index is 13.7. The Morgan fingerprint density at radius 2 is 1.77 bits per heavy atom. The van der Waals surface area contributed by atoms with Gasteiger partial charge in [0.05, 0.1) is 31.5 Å². The van der Waals surface area contributed by atoms with Crippen molar-refractivity contribution in [1.29, 1.82) is 0 Å². The summed E-state index contributed by atoms with van der Waals surface area (Å²) in [5, 5.41) is 5.39. The molecule has 2 aromatic rings. The van der Waals surface area contributed by atoms with Gasteiger partial charge in [-0.3, -0.25) is 14.5 Å². The van der Waals surface area contributed by atoms with E-state index in [0.29, 0.717) is 18.9 Å². The molecule has 0 radical (unpaired) electrons. The zero-order chi connectivity index (χ0) is 21.5. The number of anilines is 3. The average molecular weight is 414 g/mol. The van der Waals surface area contributed by atoms with Crippen molar-refractivity contribution >= 4 is 28.9 Å². The highest BCUT2D eigenvalue weighted by atomic mass is 19.1. The van der Waals surface area contributed by atoms with Gasteiger partial charge >= 0.3 is 0 Å². The number of carbonyl (C=O) groups excluding carboxylic acids is 2. The number of amides is 2. The number of carbonyl (C=O) groups is 2. The van der Waals surface area contributed by atoms with Crippen LogP contribution >= 0.6 is 0 Å². The molecule has 0 spiro atoms. The molecule has 1 aliphatic heterocycles. The van der Waals surface area contributed by atoms with E-state index in [1.54, 1.807) is 31.0 Å². The Hall–Kier alpha value is -2.97. The Morgan fingerprint density at radius 1 is 1.10 bits per heavy atom. The molecule has 1 atom stereocenters. The molecule has 0 aliphatic carbocycles. The molecule has 0 saturated carbocycles. The number of halogens is 1. The van der Waals surface area contributed by atoms with Crippen molar-refractivity contribution in [1.82, 2.24) is 4.90 Å². The van der Waals surface area contributed by atoms with E-state index < -0.39 is 11.9 Å². The average Bonchev–Trinajstić information content (AvgIpc) is 2.75. The first-order valence-corrected chi connectivity index (χ1v) is 9.92. The lowest BCUT2D eigenvalue weighted by Gasteiger charge is -2.29. The van der Waals surface area contributed by atoms with E-state index >= 15 is 0 Å². The summed E-state index contributed by atoms with van der Waals surface area (Å²) in [6, 6.07) is 13.0. The van der Waals surface area contributed by atoms with Gasteiger partial charge in [0.25, 0.3) is 0 Å². The summed E-state index contributed by atoms with van der Waals surface area (Å²) in [5.41, 5.74) is 1.90. The minimum atomic E-state index is -0.612. The van der Waals surface area contributed by atoms with Crippen LogP contribution in [0.15, 0.2) is 48.5 Å². The van der Waals surface area contributed by atoms with Gasteiger partial charge in [0.2, 0.25) is 11.8 Å². The number of ether oxygens (including phenoxy) is 1. The second-order valence-electron chi connectivity index (χ2n) is 7.25. The molecule has 1 aliphatic rings. The minimum absolute atomic E-state index is 0.0249. The fourth-order valence-electron chi connectivity index (χ4n) is 3.14. The topological polar surface area (TPSA) is 73.9 Å². The normalized spacial score (nSPS) is 15.0. The molecule has 8 heteroatoms. The van der Waals surface area contributed by atoms with Crippen LogP contribution in [-0.2, 0) is 14.3 Å². The molecule has 7 nitrogen and oxygen atoms in total. The number of nitrogens with one attached hydrogen (secondary N) is 2. The highest BCUT2D eigenvalue weighted by Crippen LogP contribution is 2.19. The quantitative estimate of drug-likeness (QED) is 0.729. The number of likely N-dealkylation sites (N-methyl/N-ethyl adjacent to an activating group) is 1. The van der Waals surface area contributed by atoms with Crippen molar-refractivity contribution in [2.45, 2.75) is 13.0 Å². The third-order valence-corrected chi connectivity index (χ3v) is 5.09. The molecular weight excluding hydrogens is 387 g/mol. The molecule has 3 rings (SSSR count). The maximum absolute atomic E-state index is 13.7. The van der Waals surface area contributed by atoms with E-state index in [4.69, 9.17) is 4.74 Å². The predicted octanol–water partition coefficient (Wildman–Crippen LogP) is 2.56. The Balaban J connectivity index is 1.49. The van der Waals surface area contributed by atoms with Crippen LogP contribution in [0.3, 0.4) is 0 Å². The van der Waals surface area contributed by atoms with Crippen molar-refractivity contribution in [2.24, 2.45) is 0 Å². The predicted molar refractivity (Wildman–Crippen MR) is 115 cm³/mol. The summed E-state index contributed by atoms with van der Waals surface area (Å²) >= 11 is 0. The standard InChI is InChI=1S/C22H27FN4O3/c1-16(22(29)25-20-6-4-3-5-19(20)23)26(2)15-21(28)24-17-7-9-18(10-8-17)27-11-13-30-14-12-27/h3-10,16H,11-15H2,1-2H3,(H,24,28)(H,25,29)/t16-/m1/s1. The molecule has 2 amide bonds. The summed E-state index contributed by atoms with van der Waals surface area (Å²) < 4.78 is 19.1. The van der Waals surface area contributed by atoms with E-state index in [0.717, 1.165) is 18.8 Å². The minimum Gasteiger partial charge on any atom is -0.378 e. The summed E-state index contributed by atoms with van der Waals surface area (Å²) in [4.78, 5) is 28.6. The monoisotopic (exact) mass is 414 g/mol. The number of hydrogen-bond donors (Lipinski definition) is 2. The van der Waals surface area contributed by atoms with Crippen LogP contribution in [0, 0.1) is 5.82 Å². The summed E-state index contributed by atoms with van der Waals surface area (Å²) in [6.45, 7) is 4.82. The lowest BCUT2D eigenvalue weighted by atomic mass is 10.2. The zero-order valence-electron chi connectivity index (χ0n) is 17.2. The fourth-order valence-corrected chi connectivity index (χ4v) is 3.14. The molecule has 0 bridgehead atoms. The molecule has 1 heterocycles. The molecule has 0 aromatic heterocycles. The van der Waals surface area contributed by atoms with Crippen LogP contribution in [0.2, 0.25) is 0 Å². The Kier molecular flexibility index (Phi) is 7.37. The molecule has 2 N–H and O–H groups in total. The van der Waals surface area contributed by atoms with E-state index in [2.05, 4.69) is 15.5 Å². The van der Waals surface area contributed by atoms with Gasteiger partial charge in [-0.1, -0.05) is 12.1 Å². The van der Waals surface area contributed by atoms with Crippen LogP contribution < -0.4 is 15.5 Å². The molecule has 160 valence electrons. The molecule has 1 fully saturated rings. The molecule has 30 heavy (non-hydrogen) atoms. The van der Waals surface area contributed by atoms with Crippen LogP contribution in [0.5, 0.6) is 0 Å². The molecular formula is C22H27FN4O3. The summed E-state index contributed by atoms with van der Waals surface area (Å²) in [7, 11) is 1.67. The summed E-state index contributed by atoms with van der Waals surface area (Å²) in [6.07, 6.45) is 0. The zero-order valence-corrected chi connectivity index (χ0v) is 17.2.